The summed E-state index contributed by atoms with van der Waals surface area (Å²) in [5, 5.41) is 0. The minimum atomic E-state index is 0.291. The van der Waals surface area contributed by atoms with Crippen LogP contribution in [0.5, 0.6) is 0 Å². The zero-order valence-electron chi connectivity index (χ0n) is 11.0. The molecular formula is C16H23N. The van der Waals surface area contributed by atoms with Gasteiger partial charge in [0.05, 0.1) is 0 Å². The number of rotatable bonds is 2. The Hall–Kier alpha value is -0.820. The molecule has 0 spiro atoms. The molecular weight excluding hydrogens is 206 g/mol. The van der Waals surface area contributed by atoms with E-state index in [4.69, 9.17) is 5.73 Å². The molecule has 1 heteroatoms. The van der Waals surface area contributed by atoms with E-state index in [1.54, 1.807) is 11.1 Å². The molecule has 92 valence electrons. The quantitative estimate of drug-likeness (QED) is 0.825. The summed E-state index contributed by atoms with van der Waals surface area (Å²) < 4.78 is 0. The Morgan fingerprint density at radius 1 is 1.35 bits per heavy atom. The van der Waals surface area contributed by atoms with Gasteiger partial charge in [-0.2, -0.15) is 0 Å². The maximum absolute atomic E-state index is 6.18. The first-order valence-corrected chi connectivity index (χ1v) is 7.02. The molecule has 1 fully saturated rings. The Morgan fingerprint density at radius 2 is 2.12 bits per heavy atom. The van der Waals surface area contributed by atoms with E-state index in [0.29, 0.717) is 11.5 Å². The van der Waals surface area contributed by atoms with Crippen molar-refractivity contribution in [2.24, 2.45) is 5.73 Å². The van der Waals surface area contributed by atoms with E-state index in [-0.39, 0.29) is 0 Å². The van der Waals surface area contributed by atoms with Gasteiger partial charge in [0.2, 0.25) is 0 Å². The van der Waals surface area contributed by atoms with Crippen LogP contribution in [0.15, 0.2) is 18.2 Å². The number of nitrogens with two attached hydrogens (primary N) is 1. The smallest absolute Gasteiger partial charge is 0.0108 e. The molecule has 1 aromatic rings. The first kappa shape index (κ1) is 11.3. The molecule has 3 rings (SSSR count). The first-order valence-electron chi connectivity index (χ1n) is 7.02. The van der Waals surface area contributed by atoms with E-state index in [9.17, 15) is 0 Å². The van der Waals surface area contributed by atoms with E-state index in [1.165, 1.54) is 37.7 Å². The summed E-state index contributed by atoms with van der Waals surface area (Å²) in [5.74, 6) is 0.739. The summed E-state index contributed by atoms with van der Waals surface area (Å²) in [7, 11) is 0. The van der Waals surface area contributed by atoms with Gasteiger partial charge < -0.3 is 5.73 Å². The second kappa shape index (κ2) is 3.84. The lowest BCUT2D eigenvalue weighted by molar-refractivity contribution is 0.549. The van der Waals surface area contributed by atoms with Crippen LogP contribution in [0.3, 0.4) is 0 Å². The normalized spacial score (nSPS) is 27.4. The molecule has 0 heterocycles. The molecule has 0 aliphatic heterocycles. The summed E-state index contributed by atoms with van der Waals surface area (Å²) in [6.07, 6.45) is 6.52. The third kappa shape index (κ3) is 1.72. The molecule has 2 atom stereocenters. The largest absolute Gasteiger partial charge is 0.327 e. The topological polar surface area (TPSA) is 26.0 Å². The molecule has 0 aromatic heterocycles. The molecule has 2 aliphatic carbocycles. The van der Waals surface area contributed by atoms with Gasteiger partial charge >= 0.3 is 0 Å². The van der Waals surface area contributed by atoms with E-state index in [1.807, 2.05) is 0 Å². The Bertz CT molecular complexity index is 429. The molecule has 0 radical (unpaired) electrons. The van der Waals surface area contributed by atoms with Crippen LogP contribution in [-0.2, 0) is 11.8 Å². The molecule has 17 heavy (non-hydrogen) atoms. The first-order chi connectivity index (χ1) is 8.13. The Balaban J connectivity index is 2.01. The maximum Gasteiger partial charge on any atom is 0.0108 e. The van der Waals surface area contributed by atoms with Gasteiger partial charge in [-0.05, 0) is 61.6 Å². The van der Waals surface area contributed by atoms with Crippen LogP contribution in [0.25, 0.3) is 0 Å². The highest BCUT2D eigenvalue weighted by molar-refractivity contribution is 5.42. The van der Waals surface area contributed by atoms with Crippen molar-refractivity contribution in [3.05, 3.63) is 34.9 Å². The number of hydrogen-bond donors (Lipinski definition) is 1. The van der Waals surface area contributed by atoms with Gasteiger partial charge in [0.15, 0.2) is 0 Å². The monoisotopic (exact) mass is 229 g/mol. The van der Waals surface area contributed by atoms with Crippen molar-refractivity contribution in [1.82, 2.24) is 0 Å². The SMILES string of the molecule is CC1CCCc2ccc(C3(C(C)N)CC3)cc21. The predicted octanol–water partition coefficient (Wildman–Crippen LogP) is 3.51. The van der Waals surface area contributed by atoms with Crippen molar-refractivity contribution in [3.8, 4) is 0 Å². The van der Waals surface area contributed by atoms with Gasteiger partial charge in [-0.1, -0.05) is 25.1 Å². The van der Waals surface area contributed by atoms with E-state index < -0.39 is 0 Å². The molecule has 1 aromatic carbocycles. The predicted molar refractivity (Wildman–Crippen MR) is 72.4 cm³/mol. The van der Waals surface area contributed by atoms with E-state index >= 15 is 0 Å². The van der Waals surface area contributed by atoms with Crippen molar-refractivity contribution in [2.75, 3.05) is 0 Å². The Morgan fingerprint density at radius 3 is 2.76 bits per heavy atom. The average Bonchev–Trinajstić information content (AvgIpc) is 3.10. The Labute approximate surface area is 104 Å². The Kier molecular flexibility index (Phi) is 2.55. The fraction of sp³-hybridized carbons (Fsp3) is 0.625. The molecule has 1 nitrogen and oxygen atoms in total. The number of benzene rings is 1. The van der Waals surface area contributed by atoms with Crippen LogP contribution >= 0.6 is 0 Å². The highest BCUT2D eigenvalue weighted by Crippen LogP contribution is 2.51. The van der Waals surface area contributed by atoms with Crippen molar-refractivity contribution >= 4 is 0 Å². The average molecular weight is 229 g/mol. The van der Waals surface area contributed by atoms with Crippen LogP contribution in [0.4, 0.5) is 0 Å². The number of aryl methyl sites for hydroxylation is 1. The van der Waals surface area contributed by atoms with Crippen molar-refractivity contribution < 1.29 is 0 Å². The molecule has 0 bridgehead atoms. The fourth-order valence-electron chi connectivity index (χ4n) is 3.49. The van der Waals surface area contributed by atoms with Crippen LogP contribution in [0, 0.1) is 0 Å². The standard InChI is InChI=1S/C16H23N/c1-11-4-3-5-13-6-7-14(10-15(11)13)16(8-9-16)12(2)17/h6-7,10-12H,3-5,8-9,17H2,1-2H3. The summed E-state index contributed by atoms with van der Waals surface area (Å²) in [5.41, 5.74) is 11.2. The van der Waals surface area contributed by atoms with Gasteiger partial charge in [0, 0.05) is 11.5 Å². The van der Waals surface area contributed by atoms with Gasteiger partial charge in [-0.3, -0.25) is 0 Å². The van der Waals surface area contributed by atoms with E-state index in [0.717, 1.165) is 5.92 Å². The molecule has 2 N–H and O–H groups in total. The highest BCUT2D eigenvalue weighted by atomic mass is 14.7. The lowest BCUT2D eigenvalue weighted by atomic mass is 9.80. The van der Waals surface area contributed by atoms with Crippen molar-refractivity contribution in [3.63, 3.8) is 0 Å². The van der Waals surface area contributed by atoms with Gasteiger partial charge in [0.1, 0.15) is 0 Å². The maximum atomic E-state index is 6.18. The summed E-state index contributed by atoms with van der Waals surface area (Å²) in [6, 6.07) is 7.46. The third-order valence-corrected chi connectivity index (χ3v) is 5.00. The molecule has 0 amide bonds. The van der Waals surface area contributed by atoms with Crippen molar-refractivity contribution in [1.29, 1.82) is 0 Å². The van der Waals surface area contributed by atoms with Crippen LogP contribution in [-0.4, -0.2) is 6.04 Å². The zero-order chi connectivity index (χ0) is 12.0. The molecule has 2 aliphatic rings. The lowest BCUT2D eigenvalue weighted by Crippen LogP contribution is -2.31. The second-order valence-electron chi connectivity index (χ2n) is 6.15. The third-order valence-electron chi connectivity index (χ3n) is 5.00. The van der Waals surface area contributed by atoms with Gasteiger partial charge in [-0.25, -0.2) is 0 Å². The molecule has 1 saturated carbocycles. The number of fused-ring (bicyclic) bond motifs is 1. The summed E-state index contributed by atoms with van der Waals surface area (Å²) in [6.45, 7) is 4.53. The minimum Gasteiger partial charge on any atom is -0.327 e. The van der Waals surface area contributed by atoms with Gasteiger partial charge in [0.25, 0.3) is 0 Å². The molecule has 0 saturated heterocycles. The van der Waals surface area contributed by atoms with Crippen molar-refractivity contribution in [2.45, 2.75) is 63.3 Å². The van der Waals surface area contributed by atoms with Crippen LogP contribution < -0.4 is 5.73 Å². The molecule has 2 unspecified atom stereocenters. The van der Waals surface area contributed by atoms with Gasteiger partial charge in [-0.15, -0.1) is 0 Å². The summed E-state index contributed by atoms with van der Waals surface area (Å²) >= 11 is 0. The zero-order valence-corrected chi connectivity index (χ0v) is 11.0. The lowest BCUT2D eigenvalue weighted by Gasteiger charge is -2.26. The second-order valence-corrected chi connectivity index (χ2v) is 6.15. The fourth-order valence-corrected chi connectivity index (χ4v) is 3.49. The van der Waals surface area contributed by atoms with Crippen LogP contribution in [0.2, 0.25) is 0 Å². The van der Waals surface area contributed by atoms with Crippen LogP contribution in [0.1, 0.15) is 62.1 Å². The highest BCUT2D eigenvalue weighted by Gasteiger charge is 2.47. The minimum absolute atomic E-state index is 0.291. The summed E-state index contributed by atoms with van der Waals surface area (Å²) in [4.78, 5) is 0. The van der Waals surface area contributed by atoms with E-state index in [2.05, 4.69) is 32.0 Å². The number of hydrogen-bond acceptors (Lipinski definition) is 1.